The predicted molar refractivity (Wildman–Crippen MR) is 111 cm³/mol. The number of guanidine groups is 1. The fourth-order valence-corrected chi connectivity index (χ4v) is 2.94. The van der Waals surface area contributed by atoms with Crippen molar-refractivity contribution in [3.05, 3.63) is 71.2 Å². The molecular formula is C21H26N6O. The summed E-state index contributed by atoms with van der Waals surface area (Å²) >= 11 is 0. The molecule has 28 heavy (non-hydrogen) atoms. The third-order valence-corrected chi connectivity index (χ3v) is 4.36. The summed E-state index contributed by atoms with van der Waals surface area (Å²) in [6.45, 7) is 5.24. The average Bonchev–Trinajstić information content (AvgIpc) is 3.06. The van der Waals surface area contributed by atoms with Crippen LogP contribution in [0.2, 0.25) is 0 Å². The second-order valence-electron chi connectivity index (χ2n) is 6.45. The molecule has 1 aromatic carbocycles. The smallest absolute Gasteiger partial charge is 0.191 e. The summed E-state index contributed by atoms with van der Waals surface area (Å²) in [7, 11) is 3.43. The van der Waals surface area contributed by atoms with Gasteiger partial charge in [-0.05, 0) is 37.6 Å². The van der Waals surface area contributed by atoms with E-state index in [1.165, 1.54) is 0 Å². The summed E-state index contributed by atoms with van der Waals surface area (Å²) in [5, 5.41) is 11.1. The molecule has 0 spiro atoms. The zero-order valence-corrected chi connectivity index (χ0v) is 16.7. The highest BCUT2D eigenvalue weighted by Gasteiger charge is 2.06. The van der Waals surface area contributed by atoms with Gasteiger partial charge in [0.15, 0.2) is 11.8 Å². The molecular weight excluding hydrogens is 352 g/mol. The van der Waals surface area contributed by atoms with E-state index in [1.54, 1.807) is 14.2 Å². The first-order chi connectivity index (χ1) is 13.6. The SMILES string of the molecule is CN=C(NCc1ccc(-n2nc(C)cc2C)nc1)NCc1ccccc1OC. The lowest BCUT2D eigenvalue weighted by molar-refractivity contribution is 0.409. The number of aromatic nitrogens is 3. The van der Waals surface area contributed by atoms with Gasteiger partial charge in [-0.1, -0.05) is 24.3 Å². The maximum Gasteiger partial charge on any atom is 0.191 e. The molecule has 2 N–H and O–H groups in total. The Balaban J connectivity index is 1.57. The van der Waals surface area contributed by atoms with Gasteiger partial charge in [0.05, 0.1) is 12.8 Å². The van der Waals surface area contributed by atoms with Crippen LogP contribution in [0.25, 0.3) is 5.82 Å². The quantitative estimate of drug-likeness (QED) is 0.510. The molecule has 2 aromatic heterocycles. The number of hydrogen-bond acceptors (Lipinski definition) is 4. The van der Waals surface area contributed by atoms with Gasteiger partial charge < -0.3 is 15.4 Å². The number of para-hydroxylation sites is 1. The van der Waals surface area contributed by atoms with Crippen molar-refractivity contribution in [1.29, 1.82) is 0 Å². The molecule has 0 bridgehead atoms. The fraction of sp³-hybridized carbons (Fsp3) is 0.286. The Bertz CT molecular complexity index is 946. The van der Waals surface area contributed by atoms with Gasteiger partial charge in [0.2, 0.25) is 0 Å². The highest BCUT2D eigenvalue weighted by molar-refractivity contribution is 5.79. The van der Waals surface area contributed by atoms with Gasteiger partial charge in [-0.25, -0.2) is 9.67 Å². The molecule has 0 saturated heterocycles. The molecule has 2 heterocycles. The van der Waals surface area contributed by atoms with Crippen molar-refractivity contribution in [1.82, 2.24) is 25.4 Å². The molecule has 3 rings (SSSR count). The number of methoxy groups -OCH3 is 1. The van der Waals surface area contributed by atoms with Crippen LogP contribution in [-0.2, 0) is 13.1 Å². The Kier molecular flexibility index (Phi) is 6.26. The topological polar surface area (TPSA) is 76.4 Å². The number of rotatable bonds is 6. The molecule has 0 atom stereocenters. The van der Waals surface area contributed by atoms with Crippen molar-refractivity contribution in [3.8, 4) is 11.6 Å². The van der Waals surface area contributed by atoms with Crippen molar-refractivity contribution in [3.63, 3.8) is 0 Å². The van der Waals surface area contributed by atoms with Crippen LogP contribution in [0, 0.1) is 13.8 Å². The number of pyridine rings is 1. The number of nitrogens with zero attached hydrogens (tertiary/aromatic N) is 4. The number of aliphatic imine (C=N–C) groups is 1. The summed E-state index contributed by atoms with van der Waals surface area (Å²) in [5.41, 5.74) is 4.18. The second-order valence-corrected chi connectivity index (χ2v) is 6.45. The molecule has 0 fully saturated rings. The summed E-state index contributed by atoms with van der Waals surface area (Å²) in [5.74, 6) is 2.39. The monoisotopic (exact) mass is 378 g/mol. The number of aryl methyl sites for hydroxylation is 2. The van der Waals surface area contributed by atoms with E-state index in [-0.39, 0.29) is 0 Å². The summed E-state index contributed by atoms with van der Waals surface area (Å²) in [6, 6.07) is 14.0. The molecule has 0 aliphatic heterocycles. The Morgan fingerprint density at radius 2 is 1.89 bits per heavy atom. The number of hydrogen-bond donors (Lipinski definition) is 2. The van der Waals surface area contributed by atoms with Crippen molar-refractivity contribution in [2.45, 2.75) is 26.9 Å². The van der Waals surface area contributed by atoms with Gasteiger partial charge in [0.25, 0.3) is 0 Å². The summed E-state index contributed by atoms with van der Waals surface area (Å²) in [4.78, 5) is 8.80. The van der Waals surface area contributed by atoms with Crippen LogP contribution in [0.5, 0.6) is 5.75 Å². The first kappa shape index (κ1) is 19.4. The van der Waals surface area contributed by atoms with Crippen LogP contribution in [0.3, 0.4) is 0 Å². The van der Waals surface area contributed by atoms with Crippen molar-refractivity contribution in [2.75, 3.05) is 14.2 Å². The molecule has 0 aliphatic rings. The lowest BCUT2D eigenvalue weighted by Crippen LogP contribution is -2.36. The molecule has 0 saturated carbocycles. The maximum atomic E-state index is 5.38. The van der Waals surface area contributed by atoms with Crippen molar-refractivity contribution >= 4 is 5.96 Å². The minimum atomic E-state index is 0.621. The summed E-state index contributed by atoms with van der Waals surface area (Å²) in [6.07, 6.45) is 1.85. The van der Waals surface area contributed by atoms with Gasteiger partial charge in [-0.15, -0.1) is 0 Å². The van der Waals surface area contributed by atoms with Crippen LogP contribution in [0.1, 0.15) is 22.5 Å². The molecule has 3 aromatic rings. The third-order valence-electron chi connectivity index (χ3n) is 4.36. The Hall–Kier alpha value is -3.35. The Morgan fingerprint density at radius 1 is 1.11 bits per heavy atom. The lowest BCUT2D eigenvalue weighted by Gasteiger charge is -2.14. The van der Waals surface area contributed by atoms with E-state index in [4.69, 9.17) is 4.74 Å². The van der Waals surface area contributed by atoms with E-state index in [0.717, 1.165) is 34.1 Å². The molecule has 0 radical (unpaired) electrons. The second kappa shape index (κ2) is 9.03. The van der Waals surface area contributed by atoms with E-state index in [2.05, 4.69) is 25.7 Å². The molecule has 146 valence electrons. The van der Waals surface area contributed by atoms with E-state index >= 15 is 0 Å². The predicted octanol–water partition coefficient (Wildman–Crippen LogP) is 2.76. The molecule has 0 amide bonds. The fourth-order valence-electron chi connectivity index (χ4n) is 2.94. The third kappa shape index (κ3) is 4.68. The molecule has 0 unspecified atom stereocenters. The van der Waals surface area contributed by atoms with Crippen molar-refractivity contribution in [2.24, 2.45) is 4.99 Å². The highest BCUT2D eigenvalue weighted by atomic mass is 16.5. The van der Waals surface area contributed by atoms with Crippen LogP contribution < -0.4 is 15.4 Å². The minimum Gasteiger partial charge on any atom is -0.496 e. The number of benzene rings is 1. The largest absolute Gasteiger partial charge is 0.496 e. The highest BCUT2D eigenvalue weighted by Crippen LogP contribution is 2.16. The van der Waals surface area contributed by atoms with Gasteiger partial charge in [0.1, 0.15) is 5.75 Å². The van der Waals surface area contributed by atoms with E-state index < -0.39 is 0 Å². The van der Waals surface area contributed by atoms with Crippen molar-refractivity contribution < 1.29 is 4.74 Å². The lowest BCUT2D eigenvalue weighted by atomic mass is 10.2. The maximum absolute atomic E-state index is 5.38. The molecule has 0 aliphatic carbocycles. The number of nitrogens with one attached hydrogen (secondary N) is 2. The van der Waals surface area contributed by atoms with Crippen LogP contribution >= 0.6 is 0 Å². The molecule has 7 heteroatoms. The van der Waals surface area contributed by atoms with Gasteiger partial charge in [0, 0.05) is 37.6 Å². The standard InChI is InChI=1S/C21H26N6O/c1-15-11-16(2)27(26-15)20-10-9-17(12-23-20)13-24-21(22-3)25-14-18-7-5-6-8-19(18)28-4/h5-12H,13-14H2,1-4H3,(H2,22,24,25). The van der Waals surface area contributed by atoms with Gasteiger partial charge >= 0.3 is 0 Å². The zero-order chi connectivity index (χ0) is 19.9. The molecule has 7 nitrogen and oxygen atoms in total. The summed E-state index contributed by atoms with van der Waals surface area (Å²) < 4.78 is 7.23. The van der Waals surface area contributed by atoms with E-state index in [1.807, 2.05) is 67.2 Å². The Labute approximate surface area is 165 Å². The van der Waals surface area contributed by atoms with Crippen LogP contribution in [0.15, 0.2) is 53.7 Å². The first-order valence-corrected chi connectivity index (χ1v) is 9.15. The first-order valence-electron chi connectivity index (χ1n) is 9.15. The van der Waals surface area contributed by atoms with E-state index in [9.17, 15) is 0 Å². The normalized spacial score (nSPS) is 11.4. The zero-order valence-electron chi connectivity index (χ0n) is 16.7. The number of ether oxygens (including phenoxy) is 1. The van der Waals surface area contributed by atoms with Gasteiger partial charge in [-0.2, -0.15) is 5.10 Å². The van der Waals surface area contributed by atoms with E-state index in [0.29, 0.717) is 19.0 Å². The van der Waals surface area contributed by atoms with Crippen LogP contribution in [-0.4, -0.2) is 34.9 Å². The van der Waals surface area contributed by atoms with Gasteiger partial charge in [-0.3, -0.25) is 4.99 Å². The minimum absolute atomic E-state index is 0.621. The Morgan fingerprint density at radius 3 is 2.54 bits per heavy atom. The van der Waals surface area contributed by atoms with Crippen LogP contribution in [0.4, 0.5) is 0 Å². The average molecular weight is 378 g/mol.